The first-order valence-electron chi connectivity index (χ1n) is 8.38. The Labute approximate surface area is 140 Å². The largest absolute Gasteiger partial charge is 0.480 e. The zero-order valence-electron chi connectivity index (χ0n) is 13.5. The standard InChI is InChI=1S/C18H22N2O4/c21-16-9-14(11-20(16)10-13-4-2-1-3-5-13)17(22)19-15(18(23)24)8-12-6-7-12/h1-5,12,14-15H,6-11H2,(H,19,22)(H,23,24). The highest BCUT2D eigenvalue weighted by molar-refractivity contribution is 5.91. The second kappa shape index (κ2) is 7.03. The minimum absolute atomic E-state index is 0.0620. The molecule has 2 unspecified atom stereocenters. The van der Waals surface area contributed by atoms with Crippen molar-refractivity contribution >= 4 is 17.8 Å². The molecule has 3 rings (SSSR count). The van der Waals surface area contributed by atoms with Crippen LogP contribution in [-0.2, 0) is 20.9 Å². The van der Waals surface area contributed by atoms with E-state index in [1.54, 1.807) is 4.90 Å². The summed E-state index contributed by atoms with van der Waals surface area (Å²) in [5, 5.41) is 11.9. The number of aliphatic carboxylic acids is 1. The number of carboxylic acid groups (broad SMARTS) is 1. The van der Waals surface area contributed by atoms with Crippen LogP contribution in [-0.4, -0.2) is 40.4 Å². The van der Waals surface area contributed by atoms with Gasteiger partial charge in [0.15, 0.2) is 0 Å². The van der Waals surface area contributed by atoms with Crippen molar-refractivity contribution in [1.29, 1.82) is 0 Å². The zero-order chi connectivity index (χ0) is 17.1. The summed E-state index contributed by atoms with van der Waals surface area (Å²) in [5.74, 6) is -1.45. The van der Waals surface area contributed by atoms with Crippen LogP contribution in [0.5, 0.6) is 0 Å². The summed E-state index contributed by atoms with van der Waals surface area (Å²) in [4.78, 5) is 37.4. The number of nitrogens with zero attached hydrogens (tertiary/aromatic N) is 1. The first-order valence-corrected chi connectivity index (χ1v) is 8.38. The molecule has 1 heterocycles. The number of carbonyl (C=O) groups excluding carboxylic acids is 2. The monoisotopic (exact) mass is 330 g/mol. The van der Waals surface area contributed by atoms with Crippen LogP contribution >= 0.6 is 0 Å². The van der Waals surface area contributed by atoms with Crippen molar-refractivity contribution in [2.75, 3.05) is 6.54 Å². The van der Waals surface area contributed by atoms with Crippen molar-refractivity contribution in [2.24, 2.45) is 11.8 Å². The highest BCUT2D eigenvalue weighted by atomic mass is 16.4. The lowest BCUT2D eigenvalue weighted by atomic mass is 10.1. The van der Waals surface area contributed by atoms with E-state index < -0.39 is 17.9 Å². The van der Waals surface area contributed by atoms with E-state index >= 15 is 0 Å². The third-order valence-electron chi connectivity index (χ3n) is 4.68. The Morgan fingerprint density at radius 3 is 2.58 bits per heavy atom. The van der Waals surface area contributed by atoms with Crippen LogP contribution in [0.25, 0.3) is 0 Å². The highest BCUT2D eigenvalue weighted by Crippen LogP contribution is 2.33. The number of amides is 2. The van der Waals surface area contributed by atoms with E-state index in [1.165, 1.54) is 0 Å². The highest BCUT2D eigenvalue weighted by Gasteiger charge is 2.37. The van der Waals surface area contributed by atoms with E-state index in [9.17, 15) is 19.5 Å². The third-order valence-corrected chi connectivity index (χ3v) is 4.68. The van der Waals surface area contributed by atoms with E-state index in [0.717, 1.165) is 18.4 Å². The molecule has 1 aliphatic heterocycles. The van der Waals surface area contributed by atoms with Gasteiger partial charge in [-0.15, -0.1) is 0 Å². The Morgan fingerprint density at radius 1 is 1.25 bits per heavy atom. The molecular weight excluding hydrogens is 308 g/mol. The fraction of sp³-hybridized carbons (Fsp3) is 0.500. The predicted octanol–water partition coefficient (Wildman–Crippen LogP) is 1.40. The first kappa shape index (κ1) is 16.5. The summed E-state index contributed by atoms with van der Waals surface area (Å²) in [7, 11) is 0. The molecule has 6 nitrogen and oxygen atoms in total. The lowest BCUT2D eigenvalue weighted by Gasteiger charge is -2.18. The van der Waals surface area contributed by atoms with E-state index in [-0.39, 0.29) is 18.2 Å². The topological polar surface area (TPSA) is 86.7 Å². The third kappa shape index (κ3) is 4.13. The number of hydrogen-bond donors (Lipinski definition) is 2. The van der Waals surface area contributed by atoms with Crippen LogP contribution in [0, 0.1) is 11.8 Å². The molecule has 2 fully saturated rings. The predicted molar refractivity (Wildman–Crippen MR) is 86.9 cm³/mol. The van der Waals surface area contributed by atoms with Gasteiger partial charge in [-0.25, -0.2) is 4.79 Å². The molecule has 2 amide bonds. The molecule has 2 aliphatic rings. The summed E-state index contributed by atoms with van der Waals surface area (Å²) >= 11 is 0. The maximum absolute atomic E-state index is 12.4. The average Bonchev–Trinajstić information content (AvgIpc) is 3.30. The Hall–Kier alpha value is -2.37. The van der Waals surface area contributed by atoms with Crippen LogP contribution < -0.4 is 5.32 Å². The van der Waals surface area contributed by atoms with Crippen molar-refractivity contribution in [1.82, 2.24) is 10.2 Å². The number of likely N-dealkylation sites (tertiary alicyclic amines) is 1. The van der Waals surface area contributed by atoms with Crippen LogP contribution in [0.2, 0.25) is 0 Å². The van der Waals surface area contributed by atoms with Gasteiger partial charge in [0.25, 0.3) is 0 Å². The van der Waals surface area contributed by atoms with Crippen molar-refractivity contribution in [3.63, 3.8) is 0 Å². The van der Waals surface area contributed by atoms with Gasteiger partial charge in [-0.05, 0) is 17.9 Å². The summed E-state index contributed by atoms with van der Waals surface area (Å²) in [6, 6.07) is 8.78. The zero-order valence-corrected chi connectivity index (χ0v) is 13.5. The Kier molecular flexibility index (Phi) is 4.83. The van der Waals surface area contributed by atoms with Gasteiger partial charge in [-0.3, -0.25) is 9.59 Å². The second-order valence-electron chi connectivity index (χ2n) is 6.74. The van der Waals surface area contributed by atoms with E-state index in [0.29, 0.717) is 25.4 Å². The maximum atomic E-state index is 12.4. The molecular formula is C18H22N2O4. The number of carbonyl (C=O) groups is 3. The molecule has 1 aliphatic carbocycles. The van der Waals surface area contributed by atoms with Gasteiger partial charge in [0, 0.05) is 19.5 Å². The lowest BCUT2D eigenvalue weighted by molar-refractivity contribution is -0.142. The Bertz CT molecular complexity index is 627. The van der Waals surface area contributed by atoms with E-state index in [1.807, 2.05) is 30.3 Å². The van der Waals surface area contributed by atoms with Gasteiger partial charge >= 0.3 is 5.97 Å². The van der Waals surface area contributed by atoms with Crippen molar-refractivity contribution in [3.8, 4) is 0 Å². The van der Waals surface area contributed by atoms with Crippen LogP contribution in [0.15, 0.2) is 30.3 Å². The number of carboxylic acids is 1. The molecule has 6 heteroatoms. The Balaban J connectivity index is 1.55. The van der Waals surface area contributed by atoms with Crippen LogP contribution in [0.4, 0.5) is 0 Å². The van der Waals surface area contributed by atoms with E-state index in [4.69, 9.17) is 0 Å². The summed E-state index contributed by atoms with van der Waals surface area (Å²) in [6.45, 7) is 0.823. The molecule has 2 N–H and O–H groups in total. The molecule has 2 atom stereocenters. The summed E-state index contributed by atoms with van der Waals surface area (Å²) < 4.78 is 0. The van der Waals surface area contributed by atoms with Gasteiger partial charge in [0.1, 0.15) is 6.04 Å². The van der Waals surface area contributed by atoms with Crippen LogP contribution in [0.3, 0.4) is 0 Å². The fourth-order valence-corrected chi connectivity index (χ4v) is 3.10. The fourth-order valence-electron chi connectivity index (χ4n) is 3.10. The second-order valence-corrected chi connectivity index (χ2v) is 6.74. The summed E-state index contributed by atoms with van der Waals surface area (Å²) in [5.41, 5.74) is 1.02. The van der Waals surface area contributed by atoms with Crippen molar-refractivity contribution in [3.05, 3.63) is 35.9 Å². The molecule has 1 aromatic rings. The smallest absolute Gasteiger partial charge is 0.326 e. The normalized spacial score (nSPS) is 21.6. The number of hydrogen-bond acceptors (Lipinski definition) is 3. The van der Waals surface area contributed by atoms with Gasteiger partial charge in [-0.2, -0.15) is 0 Å². The Morgan fingerprint density at radius 2 is 1.96 bits per heavy atom. The molecule has 0 bridgehead atoms. The number of rotatable bonds is 7. The average molecular weight is 330 g/mol. The van der Waals surface area contributed by atoms with Crippen LogP contribution in [0.1, 0.15) is 31.2 Å². The van der Waals surface area contributed by atoms with Crippen molar-refractivity contribution in [2.45, 2.75) is 38.3 Å². The van der Waals surface area contributed by atoms with Gasteiger partial charge in [-0.1, -0.05) is 43.2 Å². The van der Waals surface area contributed by atoms with Gasteiger partial charge < -0.3 is 15.3 Å². The minimum Gasteiger partial charge on any atom is -0.480 e. The minimum atomic E-state index is -0.999. The molecule has 1 saturated heterocycles. The molecule has 0 radical (unpaired) electrons. The molecule has 1 saturated carbocycles. The molecule has 24 heavy (non-hydrogen) atoms. The van der Waals surface area contributed by atoms with Gasteiger partial charge in [0.2, 0.25) is 11.8 Å². The lowest BCUT2D eigenvalue weighted by Crippen LogP contribution is -2.44. The molecule has 128 valence electrons. The molecule has 0 aromatic heterocycles. The SMILES string of the molecule is O=C(NC(CC1CC1)C(=O)O)C1CC(=O)N(Cc2ccccc2)C1. The summed E-state index contributed by atoms with van der Waals surface area (Å²) in [6.07, 6.45) is 2.70. The van der Waals surface area contributed by atoms with Gasteiger partial charge in [0.05, 0.1) is 5.92 Å². The quantitative estimate of drug-likeness (QED) is 0.791. The molecule has 1 aromatic carbocycles. The van der Waals surface area contributed by atoms with Crippen molar-refractivity contribution < 1.29 is 19.5 Å². The first-order chi connectivity index (χ1) is 11.5. The number of nitrogens with one attached hydrogen (secondary N) is 1. The molecule has 0 spiro atoms. The number of benzene rings is 1. The van der Waals surface area contributed by atoms with E-state index in [2.05, 4.69) is 5.32 Å². The maximum Gasteiger partial charge on any atom is 0.326 e.